The highest BCUT2D eigenvalue weighted by atomic mass is 32.2. The van der Waals surface area contributed by atoms with E-state index in [9.17, 15) is 4.79 Å². The van der Waals surface area contributed by atoms with Crippen LogP contribution in [0.3, 0.4) is 0 Å². The number of thioether (sulfide) groups is 1. The highest BCUT2D eigenvalue weighted by Gasteiger charge is 2.25. The molecule has 0 aromatic heterocycles. The summed E-state index contributed by atoms with van der Waals surface area (Å²) >= 11 is 1.56. The van der Waals surface area contributed by atoms with Crippen molar-refractivity contribution >= 4 is 17.5 Å². The van der Waals surface area contributed by atoms with E-state index in [1.807, 2.05) is 0 Å². The molecule has 2 unspecified atom stereocenters. The zero-order chi connectivity index (χ0) is 6.85. The first kappa shape index (κ1) is 7.09. The van der Waals surface area contributed by atoms with Gasteiger partial charge in [-0.1, -0.05) is 0 Å². The topological polar surface area (TPSA) is 37.3 Å². The van der Waals surface area contributed by atoms with Gasteiger partial charge in [-0.3, -0.25) is 4.79 Å². The Bertz CT molecular complexity index is 122. The molecule has 1 N–H and O–H groups in total. The van der Waals surface area contributed by atoms with E-state index in [4.69, 9.17) is 5.11 Å². The predicted octanol–water partition coefficient (Wildman–Crippen LogP) is 0.442. The summed E-state index contributed by atoms with van der Waals surface area (Å²) in [5.41, 5.74) is 0. The van der Waals surface area contributed by atoms with Gasteiger partial charge in [-0.15, -0.1) is 11.8 Å². The minimum absolute atomic E-state index is 0.164. The van der Waals surface area contributed by atoms with Crippen LogP contribution in [0.2, 0.25) is 0 Å². The molecule has 0 spiro atoms. The molecule has 3 heteroatoms. The number of aliphatic hydroxyl groups excluding tert-OH is 1. The molecule has 0 aliphatic carbocycles. The van der Waals surface area contributed by atoms with Crippen LogP contribution >= 0.6 is 11.8 Å². The fourth-order valence-electron chi connectivity index (χ4n) is 0.852. The van der Waals surface area contributed by atoms with Crippen LogP contribution in [0.4, 0.5) is 0 Å². The lowest BCUT2D eigenvalue weighted by atomic mass is 10.2. The van der Waals surface area contributed by atoms with Crippen molar-refractivity contribution < 1.29 is 9.90 Å². The average Bonchev–Trinajstić information content (AvgIpc) is 2.14. The highest BCUT2D eigenvalue weighted by Crippen LogP contribution is 2.25. The number of aliphatic hydroxyl groups is 1. The molecular weight excluding hydrogens is 136 g/mol. The quantitative estimate of drug-likeness (QED) is 0.583. The van der Waals surface area contributed by atoms with E-state index in [2.05, 4.69) is 0 Å². The van der Waals surface area contributed by atoms with Crippen molar-refractivity contribution in [2.24, 2.45) is 0 Å². The van der Waals surface area contributed by atoms with Gasteiger partial charge in [-0.05, 0) is 6.92 Å². The molecule has 2 nitrogen and oxygen atoms in total. The summed E-state index contributed by atoms with van der Waals surface area (Å²) in [6, 6.07) is 0. The zero-order valence-electron chi connectivity index (χ0n) is 5.33. The lowest BCUT2D eigenvalue weighted by Gasteiger charge is -2.08. The van der Waals surface area contributed by atoms with Gasteiger partial charge in [0.1, 0.15) is 5.78 Å². The third-order valence-corrected chi connectivity index (χ3v) is 2.90. The van der Waals surface area contributed by atoms with Gasteiger partial charge in [-0.2, -0.15) is 0 Å². The second-order valence-electron chi connectivity index (χ2n) is 2.33. The summed E-state index contributed by atoms with van der Waals surface area (Å²) in [5, 5.41) is 9.16. The van der Waals surface area contributed by atoms with Gasteiger partial charge in [0, 0.05) is 11.7 Å². The largest absolute Gasteiger partial charge is 0.392 e. The van der Waals surface area contributed by atoms with Crippen LogP contribution in [0, 0.1) is 0 Å². The first-order chi connectivity index (χ1) is 4.20. The fourth-order valence-corrected chi connectivity index (χ4v) is 1.95. The third-order valence-electron chi connectivity index (χ3n) is 1.43. The van der Waals surface area contributed by atoms with Crippen molar-refractivity contribution in [1.29, 1.82) is 0 Å². The molecule has 1 heterocycles. The normalized spacial score (nSPS) is 30.9. The van der Waals surface area contributed by atoms with E-state index in [1.165, 1.54) is 0 Å². The van der Waals surface area contributed by atoms with Crippen molar-refractivity contribution in [3.63, 3.8) is 0 Å². The van der Waals surface area contributed by atoms with Gasteiger partial charge in [0.05, 0.1) is 11.9 Å². The SMILES string of the molecule is CC(O)C1CC(=O)CS1. The van der Waals surface area contributed by atoms with Crippen molar-refractivity contribution in [1.82, 2.24) is 0 Å². The third kappa shape index (κ3) is 1.69. The number of carbonyl (C=O) groups excluding carboxylic acids is 1. The molecule has 0 bridgehead atoms. The first-order valence-corrected chi connectivity index (χ1v) is 4.06. The van der Waals surface area contributed by atoms with Crippen LogP contribution in [0.1, 0.15) is 13.3 Å². The Morgan fingerprint density at radius 3 is 2.78 bits per heavy atom. The number of Topliss-reactive ketones (excluding diaryl/α,β-unsaturated/α-hetero) is 1. The molecule has 1 aliphatic heterocycles. The molecular formula is C6H10O2S. The Hall–Kier alpha value is -0.0200. The first-order valence-electron chi connectivity index (χ1n) is 3.01. The molecule has 9 heavy (non-hydrogen) atoms. The number of hydrogen-bond donors (Lipinski definition) is 1. The van der Waals surface area contributed by atoms with E-state index in [-0.39, 0.29) is 17.1 Å². The van der Waals surface area contributed by atoms with Crippen molar-refractivity contribution in [3.8, 4) is 0 Å². The van der Waals surface area contributed by atoms with E-state index in [1.54, 1.807) is 18.7 Å². The summed E-state index contributed by atoms with van der Waals surface area (Å²) in [6.07, 6.45) is 0.226. The van der Waals surface area contributed by atoms with Crippen LogP contribution in [0.5, 0.6) is 0 Å². The second-order valence-corrected chi connectivity index (χ2v) is 3.56. The molecule has 52 valence electrons. The number of carbonyl (C=O) groups is 1. The Morgan fingerprint density at radius 2 is 2.56 bits per heavy atom. The summed E-state index contributed by atoms with van der Waals surface area (Å²) < 4.78 is 0. The van der Waals surface area contributed by atoms with Crippen molar-refractivity contribution in [3.05, 3.63) is 0 Å². The Labute approximate surface area is 58.6 Å². The molecule has 1 saturated heterocycles. The standard InChI is InChI=1S/C6H10O2S/c1-4(7)6-2-5(8)3-9-6/h4,6-7H,2-3H2,1H3. The Kier molecular flexibility index (Phi) is 2.13. The smallest absolute Gasteiger partial charge is 0.143 e. The summed E-state index contributed by atoms with van der Waals surface area (Å²) in [4.78, 5) is 10.6. The van der Waals surface area contributed by atoms with Crippen LogP contribution in [0.15, 0.2) is 0 Å². The molecule has 0 amide bonds. The molecule has 0 radical (unpaired) electrons. The van der Waals surface area contributed by atoms with Crippen LogP contribution < -0.4 is 0 Å². The minimum atomic E-state index is -0.332. The van der Waals surface area contributed by atoms with Gasteiger partial charge in [-0.25, -0.2) is 0 Å². The van der Waals surface area contributed by atoms with Crippen molar-refractivity contribution in [2.75, 3.05) is 5.75 Å². The van der Waals surface area contributed by atoms with Gasteiger partial charge >= 0.3 is 0 Å². The average molecular weight is 146 g/mol. The lowest BCUT2D eigenvalue weighted by molar-refractivity contribution is -0.116. The molecule has 0 saturated carbocycles. The molecule has 2 atom stereocenters. The zero-order valence-corrected chi connectivity index (χ0v) is 6.15. The van der Waals surface area contributed by atoms with Crippen LogP contribution in [-0.2, 0) is 4.79 Å². The highest BCUT2D eigenvalue weighted by molar-refractivity contribution is 8.01. The van der Waals surface area contributed by atoms with E-state index < -0.39 is 0 Å². The van der Waals surface area contributed by atoms with E-state index >= 15 is 0 Å². The van der Waals surface area contributed by atoms with Gasteiger partial charge in [0.15, 0.2) is 0 Å². The number of ketones is 1. The Morgan fingerprint density at radius 1 is 1.89 bits per heavy atom. The van der Waals surface area contributed by atoms with Crippen LogP contribution in [0.25, 0.3) is 0 Å². The number of hydrogen-bond acceptors (Lipinski definition) is 3. The molecule has 1 fully saturated rings. The maximum Gasteiger partial charge on any atom is 0.143 e. The van der Waals surface area contributed by atoms with E-state index in [0.717, 1.165) is 0 Å². The van der Waals surface area contributed by atoms with Crippen LogP contribution in [-0.4, -0.2) is 28.0 Å². The van der Waals surface area contributed by atoms with Gasteiger partial charge < -0.3 is 5.11 Å². The summed E-state index contributed by atoms with van der Waals surface area (Å²) in [5.74, 6) is 0.862. The predicted molar refractivity (Wildman–Crippen MR) is 37.6 cm³/mol. The minimum Gasteiger partial charge on any atom is -0.392 e. The van der Waals surface area contributed by atoms with Crippen molar-refractivity contribution in [2.45, 2.75) is 24.7 Å². The second kappa shape index (κ2) is 2.71. The molecule has 1 rings (SSSR count). The maximum atomic E-state index is 10.6. The van der Waals surface area contributed by atoms with E-state index in [0.29, 0.717) is 12.2 Å². The van der Waals surface area contributed by atoms with Gasteiger partial charge in [0.2, 0.25) is 0 Å². The number of rotatable bonds is 1. The Balaban J connectivity index is 2.39. The molecule has 0 aromatic rings. The van der Waals surface area contributed by atoms with Gasteiger partial charge in [0.25, 0.3) is 0 Å². The molecule has 1 aliphatic rings. The summed E-state index contributed by atoms with van der Waals surface area (Å²) in [7, 11) is 0. The monoisotopic (exact) mass is 146 g/mol. The lowest BCUT2D eigenvalue weighted by Crippen LogP contribution is -2.16. The molecule has 0 aromatic carbocycles. The fraction of sp³-hybridized carbons (Fsp3) is 0.833. The summed E-state index contributed by atoms with van der Waals surface area (Å²) in [6.45, 7) is 1.73. The maximum absolute atomic E-state index is 10.6.